The average molecular weight is 483 g/mol. The Kier molecular flexibility index (Phi) is 6.33. The Labute approximate surface area is 210 Å². The van der Waals surface area contributed by atoms with Crippen molar-refractivity contribution in [1.82, 2.24) is 10.3 Å². The fraction of sp³-hybridized carbons (Fsp3) is 0.179. The molecular weight excluding hydrogens is 456 g/mol. The lowest BCUT2D eigenvalue weighted by molar-refractivity contribution is -0.115. The van der Waals surface area contributed by atoms with Crippen LogP contribution in [0.3, 0.4) is 0 Å². The van der Waals surface area contributed by atoms with Gasteiger partial charge in [-0.3, -0.25) is 9.78 Å². The molecule has 4 aromatic rings. The van der Waals surface area contributed by atoms with Gasteiger partial charge < -0.3 is 20.0 Å². The van der Waals surface area contributed by atoms with E-state index in [2.05, 4.69) is 20.5 Å². The maximum atomic E-state index is 11.9. The first-order valence-electron chi connectivity index (χ1n) is 11.6. The quantitative estimate of drug-likeness (QED) is 0.320. The number of hydrogen-bond acceptors (Lipinski definition) is 4. The molecule has 1 fully saturated rings. The standard InChI is InChI=1S/C28H26N4O2S/c1-3-25(33)30-21-13-12-20(17-18(21)2)32-27(26(31-28(32)35)22-11-7-8-16-29-22)24-15-14-23(34-24)19-9-5-4-6-10-19/h4-17,26-27H,3H2,1-2H3,(H,30,33)(H,31,35)/t26-,27+/m0/s1. The summed E-state index contributed by atoms with van der Waals surface area (Å²) in [5.41, 5.74) is 4.55. The van der Waals surface area contributed by atoms with Crippen LogP contribution in [0.1, 0.15) is 42.4 Å². The second-order valence-electron chi connectivity index (χ2n) is 8.47. The fourth-order valence-electron chi connectivity index (χ4n) is 4.37. The average Bonchev–Trinajstić information content (AvgIpc) is 3.51. The van der Waals surface area contributed by atoms with E-state index in [9.17, 15) is 4.79 Å². The molecule has 2 N–H and O–H groups in total. The molecule has 35 heavy (non-hydrogen) atoms. The number of nitrogens with zero attached hydrogens (tertiary/aromatic N) is 2. The summed E-state index contributed by atoms with van der Waals surface area (Å²) < 4.78 is 6.40. The van der Waals surface area contributed by atoms with Crippen LogP contribution in [0.5, 0.6) is 0 Å². The number of hydrogen-bond donors (Lipinski definition) is 2. The van der Waals surface area contributed by atoms with Crippen LogP contribution in [-0.4, -0.2) is 16.0 Å². The summed E-state index contributed by atoms with van der Waals surface area (Å²) in [4.78, 5) is 18.6. The van der Waals surface area contributed by atoms with Crippen molar-refractivity contribution >= 4 is 34.6 Å². The molecule has 5 rings (SSSR count). The topological polar surface area (TPSA) is 70.4 Å². The number of carbonyl (C=O) groups is 1. The lowest BCUT2D eigenvalue weighted by atomic mass is 10.0. The maximum Gasteiger partial charge on any atom is 0.224 e. The van der Waals surface area contributed by atoms with E-state index in [1.165, 1.54) is 0 Å². The third kappa shape index (κ3) is 4.55. The number of nitrogens with one attached hydrogen (secondary N) is 2. The fourth-order valence-corrected chi connectivity index (χ4v) is 4.71. The van der Waals surface area contributed by atoms with Crippen LogP contribution >= 0.6 is 12.2 Å². The highest BCUT2D eigenvalue weighted by atomic mass is 32.1. The largest absolute Gasteiger partial charge is 0.459 e. The molecule has 0 saturated carbocycles. The Balaban J connectivity index is 1.56. The van der Waals surface area contributed by atoms with Crippen LogP contribution < -0.4 is 15.5 Å². The van der Waals surface area contributed by atoms with Crippen molar-refractivity contribution in [3.8, 4) is 11.3 Å². The van der Waals surface area contributed by atoms with E-state index in [-0.39, 0.29) is 18.0 Å². The van der Waals surface area contributed by atoms with Crippen LogP contribution in [0.4, 0.5) is 11.4 Å². The zero-order valence-corrected chi connectivity index (χ0v) is 20.4. The predicted octanol–water partition coefficient (Wildman–Crippen LogP) is 6.18. The molecule has 6 nitrogen and oxygen atoms in total. The molecule has 0 spiro atoms. The summed E-state index contributed by atoms with van der Waals surface area (Å²) in [6, 6.07) is 25.4. The van der Waals surface area contributed by atoms with E-state index < -0.39 is 0 Å². The zero-order chi connectivity index (χ0) is 24.4. The molecule has 1 saturated heterocycles. The minimum atomic E-state index is -0.245. The van der Waals surface area contributed by atoms with Crippen molar-refractivity contribution in [2.45, 2.75) is 32.4 Å². The molecule has 176 valence electrons. The van der Waals surface area contributed by atoms with Gasteiger partial charge >= 0.3 is 0 Å². The molecule has 2 aromatic heterocycles. The normalized spacial score (nSPS) is 17.3. The number of aromatic nitrogens is 1. The molecule has 2 atom stereocenters. The van der Waals surface area contributed by atoms with Crippen molar-refractivity contribution in [1.29, 1.82) is 0 Å². The van der Waals surface area contributed by atoms with Crippen LogP contribution in [0.25, 0.3) is 11.3 Å². The van der Waals surface area contributed by atoms with Gasteiger partial charge in [0.15, 0.2) is 5.11 Å². The molecule has 3 heterocycles. The summed E-state index contributed by atoms with van der Waals surface area (Å²) in [5, 5.41) is 7.00. The third-order valence-corrected chi connectivity index (χ3v) is 6.47. The highest BCUT2D eigenvalue weighted by Gasteiger charge is 2.42. The van der Waals surface area contributed by atoms with Gasteiger partial charge in [0.05, 0.1) is 11.7 Å². The van der Waals surface area contributed by atoms with E-state index in [1.807, 2.05) is 92.7 Å². The van der Waals surface area contributed by atoms with E-state index >= 15 is 0 Å². The second kappa shape index (κ2) is 9.72. The summed E-state index contributed by atoms with van der Waals surface area (Å²) in [6.45, 7) is 3.82. The molecule has 7 heteroatoms. The highest BCUT2D eigenvalue weighted by Crippen LogP contribution is 2.43. The highest BCUT2D eigenvalue weighted by molar-refractivity contribution is 7.80. The van der Waals surface area contributed by atoms with Gasteiger partial charge in [0.1, 0.15) is 17.6 Å². The van der Waals surface area contributed by atoms with E-state index in [0.717, 1.165) is 39.7 Å². The third-order valence-electron chi connectivity index (χ3n) is 6.16. The van der Waals surface area contributed by atoms with Gasteiger partial charge in [0.25, 0.3) is 0 Å². The Morgan fingerprint density at radius 1 is 1.09 bits per heavy atom. The van der Waals surface area contributed by atoms with Gasteiger partial charge in [-0.1, -0.05) is 43.3 Å². The Morgan fingerprint density at radius 2 is 1.89 bits per heavy atom. The minimum Gasteiger partial charge on any atom is -0.459 e. The van der Waals surface area contributed by atoms with E-state index in [1.54, 1.807) is 6.20 Å². The van der Waals surface area contributed by atoms with Crippen LogP contribution in [0.15, 0.2) is 89.5 Å². The molecule has 0 aliphatic carbocycles. The minimum absolute atomic E-state index is 0.0173. The molecule has 0 radical (unpaired) electrons. The van der Waals surface area contributed by atoms with Gasteiger partial charge in [-0.05, 0) is 67.2 Å². The first-order valence-corrected chi connectivity index (χ1v) is 12.0. The molecule has 1 aliphatic heterocycles. The van der Waals surface area contributed by atoms with Crippen LogP contribution in [0.2, 0.25) is 0 Å². The molecule has 0 unspecified atom stereocenters. The van der Waals surface area contributed by atoms with Gasteiger partial charge in [-0.2, -0.15) is 0 Å². The number of aryl methyl sites for hydroxylation is 1. The number of furan rings is 1. The smallest absolute Gasteiger partial charge is 0.224 e. The second-order valence-corrected chi connectivity index (χ2v) is 8.85. The molecule has 1 aliphatic rings. The zero-order valence-electron chi connectivity index (χ0n) is 19.6. The van der Waals surface area contributed by atoms with Gasteiger partial charge in [0.2, 0.25) is 5.91 Å². The Bertz CT molecular complexity index is 1350. The molecule has 0 bridgehead atoms. The SMILES string of the molecule is CCC(=O)Nc1ccc(N2C(=S)N[C@@H](c3ccccn3)[C@H]2c2ccc(-c3ccccc3)o2)cc1C. The number of rotatable bonds is 6. The van der Waals surface area contributed by atoms with Crippen molar-refractivity contribution in [2.24, 2.45) is 0 Å². The lowest BCUT2D eigenvalue weighted by Gasteiger charge is -2.26. The number of thiocarbonyl (C=S) groups is 1. The maximum absolute atomic E-state index is 11.9. The Hall–Kier alpha value is -3.97. The number of carbonyl (C=O) groups excluding carboxylic acids is 1. The lowest BCUT2D eigenvalue weighted by Crippen LogP contribution is -2.29. The molecular formula is C28H26N4O2S. The number of pyridine rings is 1. The first kappa shape index (κ1) is 22.8. The number of benzene rings is 2. The van der Waals surface area contributed by atoms with Crippen LogP contribution in [0, 0.1) is 6.92 Å². The summed E-state index contributed by atoms with van der Waals surface area (Å²) >= 11 is 5.82. The van der Waals surface area contributed by atoms with Crippen LogP contribution in [-0.2, 0) is 4.79 Å². The van der Waals surface area contributed by atoms with Gasteiger partial charge in [-0.25, -0.2) is 0 Å². The van der Waals surface area contributed by atoms with Crippen molar-refractivity contribution < 1.29 is 9.21 Å². The summed E-state index contributed by atoms with van der Waals surface area (Å²) in [5.74, 6) is 1.57. The molecule has 1 amide bonds. The monoisotopic (exact) mass is 482 g/mol. The van der Waals surface area contributed by atoms with Crippen molar-refractivity contribution in [3.63, 3.8) is 0 Å². The van der Waals surface area contributed by atoms with Gasteiger partial charge in [0, 0.05) is 29.6 Å². The molecule has 2 aromatic carbocycles. The predicted molar refractivity (Wildman–Crippen MR) is 142 cm³/mol. The van der Waals surface area contributed by atoms with Gasteiger partial charge in [-0.15, -0.1) is 0 Å². The number of amides is 1. The Morgan fingerprint density at radius 3 is 2.60 bits per heavy atom. The summed E-state index contributed by atoms with van der Waals surface area (Å²) in [6.07, 6.45) is 2.21. The first-order chi connectivity index (χ1) is 17.0. The summed E-state index contributed by atoms with van der Waals surface area (Å²) in [7, 11) is 0. The van der Waals surface area contributed by atoms with Crippen molar-refractivity contribution in [2.75, 3.05) is 10.2 Å². The van der Waals surface area contributed by atoms with E-state index in [4.69, 9.17) is 16.6 Å². The number of anilines is 2. The van der Waals surface area contributed by atoms with E-state index in [0.29, 0.717) is 11.5 Å². The van der Waals surface area contributed by atoms with Crippen molar-refractivity contribution in [3.05, 3.63) is 102 Å².